The Morgan fingerprint density at radius 3 is 2.66 bits per heavy atom. The second kappa shape index (κ2) is 8.76. The van der Waals surface area contributed by atoms with Crippen molar-refractivity contribution in [2.24, 2.45) is 0 Å². The van der Waals surface area contributed by atoms with Gasteiger partial charge in [0, 0.05) is 30.6 Å². The maximum Gasteiger partial charge on any atom is 0.257 e. The average Bonchev–Trinajstić information content (AvgIpc) is 3.15. The molecule has 2 aliphatic heterocycles. The SMILES string of the molecule is COc1ccccc1C(=O)N1CCc2cc(OC3CCN(C(C)C)CC3)sc2C1. The van der Waals surface area contributed by atoms with E-state index in [-0.39, 0.29) is 5.91 Å². The van der Waals surface area contributed by atoms with Crippen LogP contribution in [0.5, 0.6) is 10.8 Å². The molecule has 0 N–H and O–H groups in total. The molecule has 0 saturated carbocycles. The van der Waals surface area contributed by atoms with Crippen molar-refractivity contribution in [2.45, 2.75) is 51.8 Å². The Bertz CT molecular complexity index is 856. The summed E-state index contributed by atoms with van der Waals surface area (Å²) in [6.45, 7) is 8.10. The lowest BCUT2D eigenvalue weighted by Gasteiger charge is -2.34. The van der Waals surface area contributed by atoms with Gasteiger partial charge in [-0.2, -0.15) is 0 Å². The van der Waals surface area contributed by atoms with Crippen molar-refractivity contribution in [3.05, 3.63) is 46.3 Å². The van der Waals surface area contributed by atoms with Crippen LogP contribution in [0, 0.1) is 0 Å². The largest absolute Gasteiger partial charge is 0.496 e. The summed E-state index contributed by atoms with van der Waals surface area (Å²) in [5.74, 6) is 0.663. The van der Waals surface area contributed by atoms with Crippen LogP contribution in [0.25, 0.3) is 0 Å². The predicted octanol–water partition coefficient (Wildman–Crippen LogP) is 4.21. The van der Waals surface area contributed by atoms with E-state index < -0.39 is 0 Å². The van der Waals surface area contributed by atoms with Crippen LogP contribution in [0.1, 0.15) is 47.5 Å². The van der Waals surface area contributed by atoms with Gasteiger partial charge in [0.1, 0.15) is 11.9 Å². The molecule has 1 fully saturated rings. The molecule has 0 aliphatic carbocycles. The molecule has 0 spiro atoms. The Morgan fingerprint density at radius 1 is 1.17 bits per heavy atom. The highest BCUT2D eigenvalue weighted by Gasteiger charge is 2.27. The summed E-state index contributed by atoms with van der Waals surface area (Å²) in [7, 11) is 1.61. The van der Waals surface area contributed by atoms with Crippen LogP contribution in [-0.4, -0.2) is 54.6 Å². The predicted molar refractivity (Wildman–Crippen MR) is 116 cm³/mol. The Balaban J connectivity index is 1.39. The lowest BCUT2D eigenvalue weighted by atomic mass is 10.1. The molecule has 0 bridgehead atoms. The van der Waals surface area contributed by atoms with E-state index in [1.165, 1.54) is 10.4 Å². The standard InChI is InChI=1S/C23H30N2O3S/c1-16(2)24-12-9-18(10-13-24)28-22-14-17-8-11-25(15-21(17)29-22)23(26)19-6-4-5-7-20(19)27-3/h4-7,14,16,18H,8-13,15H2,1-3H3. The molecule has 156 valence electrons. The zero-order valence-electron chi connectivity index (χ0n) is 17.5. The third kappa shape index (κ3) is 4.43. The van der Waals surface area contributed by atoms with Crippen molar-refractivity contribution in [2.75, 3.05) is 26.7 Å². The van der Waals surface area contributed by atoms with E-state index in [0.717, 1.165) is 44.0 Å². The molecular formula is C23H30N2O3S. The number of ether oxygens (including phenoxy) is 2. The fourth-order valence-electron chi connectivity index (χ4n) is 4.19. The van der Waals surface area contributed by atoms with Gasteiger partial charge < -0.3 is 19.3 Å². The van der Waals surface area contributed by atoms with Gasteiger partial charge in [-0.25, -0.2) is 0 Å². The van der Waals surface area contributed by atoms with Crippen LogP contribution >= 0.6 is 11.3 Å². The number of carbonyl (C=O) groups excluding carboxylic acids is 1. The number of fused-ring (bicyclic) bond motifs is 1. The summed E-state index contributed by atoms with van der Waals surface area (Å²) in [6, 6.07) is 10.2. The second-order valence-corrected chi connectivity index (χ2v) is 9.24. The van der Waals surface area contributed by atoms with E-state index in [2.05, 4.69) is 24.8 Å². The Labute approximate surface area is 177 Å². The molecule has 2 aliphatic rings. The van der Waals surface area contributed by atoms with Crippen molar-refractivity contribution >= 4 is 17.2 Å². The summed E-state index contributed by atoms with van der Waals surface area (Å²) in [6.07, 6.45) is 3.34. The Kier molecular flexibility index (Phi) is 6.11. The molecule has 0 unspecified atom stereocenters. The van der Waals surface area contributed by atoms with E-state index in [0.29, 0.717) is 30.0 Å². The number of methoxy groups -OCH3 is 1. The number of thiophene rings is 1. The molecule has 29 heavy (non-hydrogen) atoms. The van der Waals surface area contributed by atoms with E-state index >= 15 is 0 Å². The average molecular weight is 415 g/mol. The fraction of sp³-hybridized carbons (Fsp3) is 0.522. The molecule has 3 heterocycles. The topological polar surface area (TPSA) is 42.0 Å². The quantitative estimate of drug-likeness (QED) is 0.735. The number of likely N-dealkylation sites (tertiary alicyclic amines) is 1. The van der Waals surface area contributed by atoms with E-state index in [1.807, 2.05) is 29.2 Å². The monoisotopic (exact) mass is 414 g/mol. The molecule has 1 saturated heterocycles. The number of amides is 1. The molecule has 1 amide bonds. The van der Waals surface area contributed by atoms with Crippen molar-refractivity contribution < 1.29 is 14.3 Å². The molecule has 1 aromatic carbocycles. The molecule has 1 aromatic heterocycles. The first-order chi connectivity index (χ1) is 14.0. The first-order valence-corrected chi connectivity index (χ1v) is 11.3. The van der Waals surface area contributed by atoms with E-state index in [1.54, 1.807) is 18.4 Å². The van der Waals surface area contributed by atoms with Crippen molar-refractivity contribution in [1.29, 1.82) is 0 Å². The molecule has 4 rings (SSSR count). The summed E-state index contributed by atoms with van der Waals surface area (Å²) in [5.41, 5.74) is 1.96. The van der Waals surface area contributed by atoms with Crippen LogP contribution in [0.4, 0.5) is 0 Å². The second-order valence-electron chi connectivity index (χ2n) is 8.14. The molecule has 0 radical (unpaired) electrons. The summed E-state index contributed by atoms with van der Waals surface area (Å²) < 4.78 is 11.7. The first-order valence-electron chi connectivity index (χ1n) is 10.5. The third-order valence-corrected chi connectivity index (χ3v) is 7.03. The zero-order chi connectivity index (χ0) is 20.4. The van der Waals surface area contributed by atoms with Crippen LogP contribution in [0.3, 0.4) is 0 Å². The van der Waals surface area contributed by atoms with Gasteiger partial charge in [-0.15, -0.1) is 11.3 Å². The lowest BCUT2D eigenvalue weighted by Crippen LogP contribution is -2.41. The maximum atomic E-state index is 13.0. The molecule has 2 aromatic rings. The molecule has 0 atom stereocenters. The number of carbonyl (C=O) groups is 1. The minimum Gasteiger partial charge on any atom is -0.496 e. The molecule has 6 heteroatoms. The normalized spacial score (nSPS) is 18.0. The van der Waals surface area contributed by atoms with Gasteiger partial charge in [-0.1, -0.05) is 12.1 Å². The Hall–Kier alpha value is -2.05. The number of rotatable bonds is 5. The highest BCUT2D eigenvalue weighted by molar-refractivity contribution is 7.14. The minimum atomic E-state index is 0.0324. The van der Waals surface area contributed by atoms with Crippen molar-refractivity contribution in [3.8, 4) is 10.8 Å². The number of hydrogen-bond donors (Lipinski definition) is 0. The van der Waals surface area contributed by atoms with Crippen LogP contribution < -0.4 is 9.47 Å². The molecular weight excluding hydrogens is 384 g/mol. The number of benzene rings is 1. The minimum absolute atomic E-state index is 0.0324. The number of hydrogen-bond acceptors (Lipinski definition) is 5. The fourth-order valence-corrected chi connectivity index (χ4v) is 5.33. The van der Waals surface area contributed by atoms with Crippen LogP contribution in [0.2, 0.25) is 0 Å². The lowest BCUT2D eigenvalue weighted by molar-refractivity contribution is 0.0733. The van der Waals surface area contributed by atoms with E-state index in [9.17, 15) is 4.79 Å². The third-order valence-electron chi connectivity index (χ3n) is 5.97. The summed E-state index contributed by atoms with van der Waals surface area (Å²) in [5, 5.41) is 1.00. The van der Waals surface area contributed by atoms with Gasteiger partial charge in [-0.3, -0.25) is 4.79 Å². The summed E-state index contributed by atoms with van der Waals surface area (Å²) in [4.78, 5) is 18.7. The highest BCUT2D eigenvalue weighted by Crippen LogP contribution is 2.35. The number of para-hydroxylation sites is 1. The van der Waals surface area contributed by atoms with Crippen molar-refractivity contribution in [3.63, 3.8) is 0 Å². The van der Waals surface area contributed by atoms with Gasteiger partial charge >= 0.3 is 0 Å². The smallest absolute Gasteiger partial charge is 0.257 e. The highest BCUT2D eigenvalue weighted by atomic mass is 32.1. The number of piperidine rings is 1. The van der Waals surface area contributed by atoms with Gasteiger partial charge in [0.25, 0.3) is 5.91 Å². The van der Waals surface area contributed by atoms with Gasteiger partial charge in [0.2, 0.25) is 0 Å². The maximum absolute atomic E-state index is 13.0. The Morgan fingerprint density at radius 2 is 1.93 bits per heavy atom. The van der Waals surface area contributed by atoms with Crippen LogP contribution in [0.15, 0.2) is 30.3 Å². The van der Waals surface area contributed by atoms with Gasteiger partial charge in [0.15, 0.2) is 5.06 Å². The van der Waals surface area contributed by atoms with Gasteiger partial charge in [-0.05, 0) is 56.9 Å². The summed E-state index contributed by atoms with van der Waals surface area (Å²) >= 11 is 1.70. The van der Waals surface area contributed by atoms with E-state index in [4.69, 9.17) is 9.47 Å². The van der Waals surface area contributed by atoms with Crippen LogP contribution in [-0.2, 0) is 13.0 Å². The first kappa shape index (κ1) is 20.2. The molecule has 5 nitrogen and oxygen atoms in total. The van der Waals surface area contributed by atoms with Crippen molar-refractivity contribution in [1.82, 2.24) is 9.80 Å². The van der Waals surface area contributed by atoms with Gasteiger partial charge in [0.05, 0.1) is 19.2 Å². The zero-order valence-corrected chi connectivity index (χ0v) is 18.3. The number of nitrogens with zero attached hydrogens (tertiary/aromatic N) is 2.